The number of benzene rings is 2. The van der Waals surface area contributed by atoms with Crippen molar-refractivity contribution in [3.05, 3.63) is 65.9 Å². The van der Waals surface area contributed by atoms with Crippen LogP contribution in [-0.4, -0.2) is 53.4 Å². The van der Waals surface area contributed by atoms with Gasteiger partial charge in [-0.3, -0.25) is 14.4 Å². The van der Waals surface area contributed by atoms with E-state index in [1.54, 1.807) is 24.3 Å². The summed E-state index contributed by atoms with van der Waals surface area (Å²) >= 11 is 0. The molecule has 3 aromatic rings. The Morgan fingerprint density at radius 2 is 1.73 bits per heavy atom. The molecule has 0 aliphatic carbocycles. The van der Waals surface area contributed by atoms with Crippen LogP contribution in [0.25, 0.3) is 10.9 Å². The first kappa shape index (κ1) is 22.5. The van der Waals surface area contributed by atoms with Crippen LogP contribution in [0.5, 0.6) is 0 Å². The lowest BCUT2D eigenvalue weighted by atomic mass is 10.1. The Kier molecular flexibility index (Phi) is 6.19. The maximum absolute atomic E-state index is 12.9. The molecule has 172 valence electrons. The Morgan fingerprint density at radius 1 is 1.00 bits per heavy atom. The lowest BCUT2D eigenvalue weighted by Crippen LogP contribution is -2.44. The third kappa shape index (κ3) is 4.90. The molecular weight excluding hydrogens is 439 g/mol. The summed E-state index contributed by atoms with van der Waals surface area (Å²) in [6.45, 7) is 1.11. The van der Waals surface area contributed by atoms with Crippen LogP contribution in [0.15, 0.2) is 54.7 Å². The van der Waals surface area contributed by atoms with E-state index in [9.17, 15) is 27.6 Å². The van der Waals surface area contributed by atoms with Gasteiger partial charge in [-0.05, 0) is 24.3 Å². The Labute approximate surface area is 186 Å². The molecule has 1 aromatic heterocycles. The Morgan fingerprint density at radius 3 is 2.45 bits per heavy atom. The zero-order valence-electron chi connectivity index (χ0n) is 17.4. The Balaban J connectivity index is 1.56. The molecule has 1 aliphatic rings. The molecule has 1 aliphatic heterocycles. The topological polar surface area (TPSA) is 80.6 Å². The van der Waals surface area contributed by atoms with Gasteiger partial charge in [0.05, 0.1) is 24.3 Å². The van der Waals surface area contributed by atoms with Crippen LogP contribution in [0, 0.1) is 0 Å². The molecule has 2 heterocycles. The average Bonchev–Trinajstić information content (AvgIpc) is 3.16. The lowest BCUT2D eigenvalue weighted by Gasteiger charge is -2.25. The summed E-state index contributed by atoms with van der Waals surface area (Å²) in [5, 5.41) is 2.96. The second-order valence-electron chi connectivity index (χ2n) is 7.55. The number of amides is 2. The van der Waals surface area contributed by atoms with Gasteiger partial charge in [-0.15, -0.1) is 0 Å². The van der Waals surface area contributed by atoms with Crippen LogP contribution in [0.2, 0.25) is 0 Å². The van der Waals surface area contributed by atoms with E-state index in [1.165, 1.54) is 27.8 Å². The minimum Gasteiger partial charge on any atom is -0.378 e. The fourth-order valence-electron chi connectivity index (χ4n) is 3.71. The number of carbonyl (C=O) groups excluding carboxylic acids is 3. The molecule has 0 atom stereocenters. The number of para-hydroxylation sites is 1. The molecule has 0 spiro atoms. The van der Waals surface area contributed by atoms with Gasteiger partial charge in [0.25, 0.3) is 11.7 Å². The number of morpholine rings is 1. The van der Waals surface area contributed by atoms with Crippen LogP contribution in [-0.2, 0) is 27.0 Å². The van der Waals surface area contributed by atoms with E-state index in [4.69, 9.17) is 4.74 Å². The van der Waals surface area contributed by atoms with Crippen molar-refractivity contribution in [1.29, 1.82) is 0 Å². The number of nitrogens with zero attached hydrogens (tertiary/aromatic N) is 2. The van der Waals surface area contributed by atoms with Crippen LogP contribution in [0.4, 0.5) is 18.9 Å². The van der Waals surface area contributed by atoms with Crippen molar-refractivity contribution in [2.24, 2.45) is 0 Å². The van der Waals surface area contributed by atoms with Gasteiger partial charge < -0.3 is 19.5 Å². The maximum atomic E-state index is 12.9. The second-order valence-corrected chi connectivity index (χ2v) is 7.55. The summed E-state index contributed by atoms with van der Waals surface area (Å²) in [5.74, 6) is -1.91. The molecule has 0 bridgehead atoms. The minimum absolute atomic E-state index is 0.00471. The highest BCUT2D eigenvalue weighted by atomic mass is 19.4. The van der Waals surface area contributed by atoms with E-state index in [0.717, 1.165) is 12.1 Å². The zero-order valence-corrected chi connectivity index (χ0v) is 17.4. The van der Waals surface area contributed by atoms with E-state index >= 15 is 0 Å². The van der Waals surface area contributed by atoms with Gasteiger partial charge in [-0.25, -0.2) is 0 Å². The number of hydrogen-bond donors (Lipinski definition) is 1. The third-order valence-electron chi connectivity index (χ3n) is 5.31. The van der Waals surface area contributed by atoms with E-state index < -0.39 is 29.3 Å². The number of rotatable bonds is 5. The number of anilines is 1. The molecule has 2 aromatic carbocycles. The standard InChI is InChI=1S/C23H20F3N3O4/c24-23(25,26)15-4-3-5-16(12-15)27-20(30)14-29-13-18(17-6-1-2-7-19(17)29)21(31)22(32)28-8-10-33-11-9-28/h1-7,12-13H,8-11,14H2,(H,27,30). The molecule has 2 amide bonds. The number of hydrogen-bond acceptors (Lipinski definition) is 4. The molecule has 33 heavy (non-hydrogen) atoms. The van der Waals surface area contributed by atoms with Gasteiger partial charge in [-0.1, -0.05) is 24.3 Å². The SMILES string of the molecule is O=C(Cn1cc(C(=O)C(=O)N2CCOCC2)c2ccccc21)Nc1cccc(C(F)(F)F)c1. The molecule has 0 radical (unpaired) electrons. The van der Waals surface area contributed by atoms with E-state index in [1.807, 2.05) is 0 Å². The van der Waals surface area contributed by atoms with Gasteiger partial charge in [0, 0.05) is 35.9 Å². The molecule has 0 saturated carbocycles. The maximum Gasteiger partial charge on any atom is 0.416 e. The van der Waals surface area contributed by atoms with Crippen molar-refractivity contribution >= 4 is 34.2 Å². The summed E-state index contributed by atoms with van der Waals surface area (Å²) in [7, 11) is 0. The highest BCUT2D eigenvalue weighted by Gasteiger charge is 2.31. The smallest absolute Gasteiger partial charge is 0.378 e. The molecule has 4 rings (SSSR count). The predicted octanol–water partition coefficient (Wildman–Crippen LogP) is 3.34. The molecule has 1 N–H and O–H groups in total. The van der Waals surface area contributed by atoms with E-state index in [-0.39, 0.29) is 17.8 Å². The van der Waals surface area contributed by atoms with Gasteiger partial charge in [0.1, 0.15) is 6.54 Å². The monoisotopic (exact) mass is 459 g/mol. The number of nitrogens with one attached hydrogen (secondary N) is 1. The second kappa shape index (κ2) is 9.07. The van der Waals surface area contributed by atoms with Crippen molar-refractivity contribution in [1.82, 2.24) is 9.47 Å². The number of halogens is 3. The molecule has 1 fully saturated rings. The Bertz CT molecular complexity index is 1210. The fraction of sp³-hybridized carbons (Fsp3) is 0.261. The van der Waals surface area contributed by atoms with Crippen LogP contribution < -0.4 is 5.32 Å². The highest BCUT2D eigenvalue weighted by molar-refractivity contribution is 6.44. The minimum atomic E-state index is -4.53. The number of alkyl halides is 3. The first-order valence-electron chi connectivity index (χ1n) is 10.2. The molecule has 7 nitrogen and oxygen atoms in total. The number of aromatic nitrogens is 1. The van der Waals surface area contributed by atoms with Gasteiger partial charge in [0.2, 0.25) is 5.91 Å². The Hall–Kier alpha value is -3.66. The van der Waals surface area contributed by atoms with Crippen LogP contribution in [0.3, 0.4) is 0 Å². The van der Waals surface area contributed by atoms with Crippen molar-refractivity contribution < 1.29 is 32.3 Å². The fourth-order valence-corrected chi connectivity index (χ4v) is 3.71. The first-order valence-corrected chi connectivity index (χ1v) is 10.2. The molecule has 10 heteroatoms. The van der Waals surface area contributed by atoms with Crippen LogP contribution in [0.1, 0.15) is 15.9 Å². The first-order chi connectivity index (χ1) is 15.7. The summed E-state index contributed by atoms with van der Waals surface area (Å²) in [6.07, 6.45) is -3.10. The van der Waals surface area contributed by atoms with Gasteiger partial charge in [-0.2, -0.15) is 13.2 Å². The van der Waals surface area contributed by atoms with Gasteiger partial charge >= 0.3 is 6.18 Å². The zero-order chi connectivity index (χ0) is 23.6. The summed E-state index contributed by atoms with van der Waals surface area (Å²) < 4.78 is 45.5. The number of carbonyl (C=O) groups is 3. The number of fused-ring (bicyclic) bond motifs is 1. The predicted molar refractivity (Wildman–Crippen MR) is 114 cm³/mol. The van der Waals surface area contributed by atoms with Crippen LogP contribution >= 0.6 is 0 Å². The van der Waals surface area contributed by atoms with Gasteiger partial charge in [0.15, 0.2) is 0 Å². The molecule has 1 saturated heterocycles. The van der Waals surface area contributed by atoms with Crippen molar-refractivity contribution in [2.45, 2.75) is 12.7 Å². The van der Waals surface area contributed by atoms with E-state index in [2.05, 4.69) is 5.32 Å². The highest BCUT2D eigenvalue weighted by Crippen LogP contribution is 2.30. The number of ketones is 1. The van der Waals surface area contributed by atoms with Crippen molar-refractivity contribution in [3.63, 3.8) is 0 Å². The third-order valence-corrected chi connectivity index (χ3v) is 5.31. The number of Topliss-reactive ketones (excluding diaryl/α,β-unsaturated/α-hetero) is 1. The largest absolute Gasteiger partial charge is 0.416 e. The normalized spacial score (nSPS) is 14.3. The summed E-state index contributed by atoms with van der Waals surface area (Å²) in [5.41, 5.74) is -0.157. The summed E-state index contributed by atoms with van der Waals surface area (Å²) in [6, 6.07) is 11.1. The summed E-state index contributed by atoms with van der Waals surface area (Å²) in [4.78, 5) is 39.6. The quantitative estimate of drug-likeness (QED) is 0.469. The van der Waals surface area contributed by atoms with Crippen molar-refractivity contribution in [3.8, 4) is 0 Å². The molecular formula is C23H20F3N3O4. The number of ether oxygens (including phenoxy) is 1. The molecule has 0 unspecified atom stereocenters. The lowest BCUT2D eigenvalue weighted by molar-refractivity contribution is -0.137. The van der Waals surface area contributed by atoms with Crippen molar-refractivity contribution in [2.75, 3.05) is 31.6 Å². The average molecular weight is 459 g/mol. The van der Waals surface area contributed by atoms with E-state index in [0.29, 0.717) is 37.2 Å².